The molecule has 0 bridgehead atoms. The third kappa shape index (κ3) is 2.74. The van der Waals surface area contributed by atoms with Crippen molar-refractivity contribution in [3.8, 4) is 11.5 Å². The third-order valence-electron chi connectivity index (χ3n) is 2.93. The zero-order valence-corrected chi connectivity index (χ0v) is 11.6. The van der Waals surface area contributed by atoms with Crippen molar-refractivity contribution < 1.29 is 14.3 Å². The number of nitrogens with two attached hydrogens (primary N) is 1. The van der Waals surface area contributed by atoms with Crippen molar-refractivity contribution in [2.75, 3.05) is 19.5 Å². The molecule has 0 amide bonds. The van der Waals surface area contributed by atoms with Crippen LogP contribution in [0.4, 0.5) is 5.69 Å². The highest BCUT2D eigenvalue weighted by Gasteiger charge is 2.14. The summed E-state index contributed by atoms with van der Waals surface area (Å²) in [6, 6.07) is 12.1. The van der Waals surface area contributed by atoms with Crippen LogP contribution in [0.25, 0.3) is 0 Å². The molecule has 0 atom stereocenters. The third-order valence-corrected chi connectivity index (χ3v) is 2.93. The molecule has 0 saturated heterocycles. The van der Waals surface area contributed by atoms with E-state index >= 15 is 0 Å². The number of benzene rings is 2. The Bertz CT molecular complexity index is 623. The highest BCUT2D eigenvalue weighted by atomic mass is 16.5. The summed E-state index contributed by atoms with van der Waals surface area (Å²) in [5, 5.41) is 0. The number of anilines is 1. The largest absolute Gasteiger partial charge is 0.493 e. The minimum Gasteiger partial charge on any atom is -0.493 e. The van der Waals surface area contributed by atoms with E-state index in [0.29, 0.717) is 34.9 Å². The molecule has 2 aromatic carbocycles. The lowest BCUT2D eigenvalue weighted by atomic mass is 10.0. The molecular weight excluding hydrogens is 254 g/mol. The summed E-state index contributed by atoms with van der Waals surface area (Å²) < 4.78 is 10.7. The van der Waals surface area contributed by atoms with Gasteiger partial charge in [0.15, 0.2) is 17.3 Å². The number of methoxy groups -OCH3 is 1. The van der Waals surface area contributed by atoms with Crippen LogP contribution < -0.4 is 15.2 Å². The lowest BCUT2D eigenvalue weighted by Crippen LogP contribution is -2.06. The summed E-state index contributed by atoms with van der Waals surface area (Å²) >= 11 is 0. The molecule has 4 nitrogen and oxygen atoms in total. The first-order chi connectivity index (χ1) is 9.67. The van der Waals surface area contributed by atoms with Gasteiger partial charge in [0, 0.05) is 16.8 Å². The Morgan fingerprint density at radius 3 is 2.55 bits per heavy atom. The fraction of sp³-hybridized carbons (Fsp3) is 0.188. The van der Waals surface area contributed by atoms with Gasteiger partial charge in [-0.2, -0.15) is 0 Å². The van der Waals surface area contributed by atoms with Gasteiger partial charge >= 0.3 is 0 Å². The molecule has 2 aromatic rings. The first kappa shape index (κ1) is 13.9. The van der Waals surface area contributed by atoms with Crippen molar-refractivity contribution in [1.29, 1.82) is 0 Å². The van der Waals surface area contributed by atoms with E-state index in [1.54, 1.807) is 49.6 Å². The van der Waals surface area contributed by atoms with Gasteiger partial charge in [-0.1, -0.05) is 12.1 Å². The molecule has 0 saturated carbocycles. The number of hydrogen-bond acceptors (Lipinski definition) is 4. The number of ether oxygens (including phenoxy) is 2. The van der Waals surface area contributed by atoms with Crippen LogP contribution in [0, 0.1) is 0 Å². The normalized spacial score (nSPS) is 10.1. The Hall–Kier alpha value is -2.49. The average Bonchev–Trinajstić information content (AvgIpc) is 2.48. The Kier molecular flexibility index (Phi) is 4.25. The highest BCUT2D eigenvalue weighted by molar-refractivity contribution is 6.12. The number of rotatable bonds is 5. The predicted molar refractivity (Wildman–Crippen MR) is 78.4 cm³/mol. The van der Waals surface area contributed by atoms with E-state index in [9.17, 15) is 4.79 Å². The number of carbonyl (C=O) groups is 1. The Morgan fingerprint density at radius 2 is 1.90 bits per heavy atom. The molecular formula is C16H17NO3. The van der Waals surface area contributed by atoms with E-state index in [2.05, 4.69) is 0 Å². The van der Waals surface area contributed by atoms with E-state index in [4.69, 9.17) is 15.2 Å². The molecule has 2 rings (SSSR count). The van der Waals surface area contributed by atoms with Gasteiger partial charge in [0.1, 0.15) is 0 Å². The van der Waals surface area contributed by atoms with Crippen molar-refractivity contribution in [2.24, 2.45) is 0 Å². The van der Waals surface area contributed by atoms with E-state index in [1.807, 2.05) is 6.92 Å². The summed E-state index contributed by atoms with van der Waals surface area (Å²) in [6.07, 6.45) is 0. The van der Waals surface area contributed by atoms with E-state index in [-0.39, 0.29) is 5.78 Å². The second kappa shape index (κ2) is 6.10. The second-order valence-corrected chi connectivity index (χ2v) is 4.22. The zero-order chi connectivity index (χ0) is 14.5. The quantitative estimate of drug-likeness (QED) is 0.671. The lowest BCUT2D eigenvalue weighted by Gasteiger charge is -2.11. The molecule has 2 N–H and O–H groups in total. The smallest absolute Gasteiger partial charge is 0.195 e. The Morgan fingerprint density at radius 1 is 1.15 bits per heavy atom. The molecule has 0 heterocycles. The van der Waals surface area contributed by atoms with Gasteiger partial charge in [-0.15, -0.1) is 0 Å². The minimum absolute atomic E-state index is 0.135. The van der Waals surface area contributed by atoms with Gasteiger partial charge in [-0.3, -0.25) is 4.79 Å². The van der Waals surface area contributed by atoms with Crippen LogP contribution in [0.1, 0.15) is 22.8 Å². The summed E-state index contributed by atoms with van der Waals surface area (Å²) in [5.74, 6) is 1.02. The monoisotopic (exact) mass is 271 g/mol. The number of nitrogen functional groups attached to an aromatic ring is 1. The number of carbonyl (C=O) groups excluding carboxylic acids is 1. The Labute approximate surface area is 118 Å². The molecule has 0 radical (unpaired) electrons. The van der Waals surface area contributed by atoms with Gasteiger partial charge in [-0.25, -0.2) is 0 Å². The molecule has 0 unspecified atom stereocenters. The zero-order valence-electron chi connectivity index (χ0n) is 11.6. The fourth-order valence-corrected chi connectivity index (χ4v) is 1.94. The Balaban J connectivity index is 2.38. The van der Waals surface area contributed by atoms with Crippen LogP contribution in [-0.2, 0) is 0 Å². The van der Waals surface area contributed by atoms with Gasteiger partial charge in [0.25, 0.3) is 0 Å². The number of ketones is 1. The van der Waals surface area contributed by atoms with Crippen LogP contribution in [0.5, 0.6) is 11.5 Å². The maximum Gasteiger partial charge on any atom is 0.195 e. The minimum atomic E-state index is -0.135. The average molecular weight is 271 g/mol. The molecule has 0 spiro atoms. The van der Waals surface area contributed by atoms with Gasteiger partial charge in [0.05, 0.1) is 13.7 Å². The summed E-state index contributed by atoms with van der Waals surface area (Å²) in [5.41, 5.74) is 7.30. The van der Waals surface area contributed by atoms with E-state index in [0.717, 1.165) is 0 Å². The summed E-state index contributed by atoms with van der Waals surface area (Å²) in [7, 11) is 1.54. The molecule has 0 aliphatic carbocycles. The molecule has 4 heteroatoms. The molecule has 0 aromatic heterocycles. The second-order valence-electron chi connectivity index (χ2n) is 4.22. The summed E-state index contributed by atoms with van der Waals surface area (Å²) in [6.45, 7) is 2.43. The molecule has 0 aliphatic rings. The van der Waals surface area contributed by atoms with Crippen LogP contribution in [0.2, 0.25) is 0 Å². The maximum atomic E-state index is 12.4. The van der Waals surface area contributed by atoms with Gasteiger partial charge in [0.2, 0.25) is 0 Å². The first-order valence-corrected chi connectivity index (χ1v) is 6.37. The van der Waals surface area contributed by atoms with Crippen molar-refractivity contribution in [3.05, 3.63) is 53.6 Å². The first-order valence-electron chi connectivity index (χ1n) is 6.37. The highest BCUT2D eigenvalue weighted by Crippen LogP contribution is 2.29. The fourth-order valence-electron chi connectivity index (χ4n) is 1.94. The van der Waals surface area contributed by atoms with Crippen LogP contribution in [-0.4, -0.2) is 19.5 Å². The molecule has 0 aliphatic heterocycles. The standard InChI is InChI=1S/C16H17NO3/c1-3-20-14-9-8-11(10-15(14)19-2)16(18)12-6-4-5-7-13(12)17/h4-10H,3,17H2,1-2H3. The van der Waals surface area contributed by atoms with Crippen molar-refractivity contribution in [2.45, 2.75) is 6.92 Å². The SMILES string of the molecule is CCOc1ccc(C(=O)c2ccccc2N)cc1OC. The molecule has 20 heavy (non-hydrogen) atoms. The molecule has 0 fully saturated rings. The van der Waals surface area contributed by atoms with Crippen molar-refractivity contribution >= 4 is 11.5 Å². The van der Waals surface area contributed by atoms with Crippen molar-refractivity contribution in [3.63, 3.8) is 0 Å². The molecule has 104 valence electrons. The lowest BCUT2D eigenvalue weighted by molar-refractivity contribution is 0.103. The van der Waals surface area contributed by atoms with Gasteiger partial charge in [-0.05, 0) is 37.3 Å². The predicted octanol–water partition coefficient (Wildman–Crippen LogP) is 2.91. The van der Waals surface area contributed by atoms with Crippen LogP contribution in [0.3, 0.4) is 0 Å². The maximum absolute atomic E-state index is 12.4. The van der Waals surface area contributed by atoms with Gasteiger partial charge < -0.3 is 15.2 Å². The van der Waals surface area contributed by atoms with Crippen LogP contribution >= 0.6 is 0 Å². The van der Waals surface area contributed by atoms with E-state index in [1.165, 1.54) is 0 Å². The van der Waals surface area contributed by atoms with Crippen molar-refractivity contribution in [1.82, 2.24) is 0 Å². The van der Waals surface area contributed by atoms with Crippen LogP contribution in [0.15, 0.2) is 42.5 Å². The summed E-state index contributed by atoms with van der Waals surface area (Å²) in [4.78, 5) is 12.4. The topological polar surface area (TPSA) is 61.5 Å². The number of hydrogen-bond donors (Lipinski definition) is 1. The van der Waals surface area contributed by atoms with E-state index < -0.39 is 0 Å². The number of para-hydroxylation sites is 1.